The van der Waals surface area contributed by atoms with Crippen LogP contribution < -0.4 is 0 Å². The lowest BCUT2D eigenvalue weighted by Crippen LogP contribution is -2.36. The van der Waals surface area contributed by atoms with Gasteiger partial charge in [-0.15, -0.1) is 0 Å². The molecule has 0 fully saturated rings. The van der Waals surface area contributed by atoms with Crippen LogP contribution in [0, 0.1) is 0 Å². The molecule has 0 N–H and O–H groups in total. The molecule has 0 atom stereocenters. The van der Waals surface area contributed by atoms with Crippen molar-refractivity contribution in [3.8, 4) is 0 Å². The number of allylic oxidation sites excluding steroid dienone is 1. The zero-order valence-electron chi connectivity index (χ0n) is 14.1. The molecular formula is C15H34O2Si2. The van der Waals surface area contributed by atoms with E-state index in [0.29, 0.717) is 0 Å². The second-order valence-corrected chi connectivity index (χ2v) is 14.9. The Morgan fingerprint density at radius 1 is 0.737 bits per heavy atom. The summed E-state index contributed by atoms with van der Waals surface area (Å²) >= 11 is 0. The van der Waals surface area contributed by atoms with E-state index >= 15 is 0 Å². The molecule has 0 aliphatic heterocycles. The molecule has 0 saturated heterocycles. The molecule has 0 amide bonds. The molecule has 0 rings (SSSR count). The molecule has 0 aliphatic rings. The molecule has 0 aromatic heterocycles. The van der Waals surface area contributed by atoms with Crippen LogP contribution in [0.4, 0.5) is 0 Å². The monoisotopic (exact) mass is 302 g/mol. The van der Waals surface area contributed by atoms with Gasteiger partial charge in [0.1, 0.15) is 12.0 Å². The summed E-state index contributed by atoms with van der Waals surface area (Å²) in [7, 11) is -3.07. The third-order valence-electron chi connectivity index (χ3n) is 4.72. The second-order valence-electron chi connectivity index (χ2n) is 5.44. The van der Waals surface area contributed by atoms with E-state index in [9.17, 15) is 0 Å². The van der Waals surface area contributed by atoms with Gasteiger partial charge in [0.2, 0.25) is 16.6 Å². The quantitative estimate of drug-likeness (QED) is 0.370. The van der Waals surface area contributed by atoms with Crippen LogP contribution in [-0.4, -0.2) is 16.6 Å². The Morgan fingerprint density at radius 3 is 1.42 bits per heavy atom. The molecule has 0 spiro atoms. The number of rotatable bonds is 10. The van der Waals surface area contributed by atoms with Crippen molar-refractivity contribution in [1.82, 2.24) is 0 Å². The topological polar surface area (TPSA) is 18.5 Å². The van der Waals surface area contributed by atoms with E-state index in [-0.39, 0.29) is 0 Å². The van der Waals surface area contributed by atoms with E-state index in [2.05, 4.69) is 48.5 Å². The van der Waals surface area contributed by atoms with Crippen molar-refractivity contribution in [2.24, 2.45) is 0 Å². The summed E-state index contributed by atoms with van der Waals surface area (Å²) in [6.07, 6.45) is 1.92. The van der Waals surface area contributed by atoms with Crippen molar-refractivity contribution in [3.05, 3.63) is 12.0 Å². The minimum Gasteiger partial charge on any atom is -0.546 e. The predicted octanol–water partition coefficient (Wildman–Crippen LogP) is 5.89. The molecule has 0 aromatic carbocycles. The van der Waals surface area contributed by atoms with Crippen LogP contribution in [0.3, 0.4) is 0 Å². The first-order chi connectivity index (χ1) is 8.96. The van der Waals surface area contributed by atoms with Crippen molar-refractivity contribution in [3.63, 3.8) is 0 Å². The van der Waals surface area contributed by atoms with E-state index in [4.69, 9.17) is 8.85 Å². The third kappa shape index (κ3) is 5.34. The summed E-state index contributed by atoms with van der Waals surface area (Å²) in [5, 5.41) is 0. The van der Waals surface area contributed by atoms with Crippen molar-refractivity contribution in [2.75, 3.05) is 0 Å². The number of hydrogen-bond donors (Lipinski definition) is 0. The van der Waals surface area contributed by atoms with Gasteiger partial charge in [0.15, 0.2) is 0 Å². The standard InChI is InChI=1S/C15H34O2Si2/c1-8-18(9-2,10-3)16-14-15(7)17-19(11-4,12-5)13-6/h14H,8-13H2,1-7H3. The molecule has 0 aliphatic carbocycles. The maximum absolute atomic E-state index is 6.31. The van der Waals surface area contributed by atoms with Crippen molar-refractivity contribution >= 4 is 16.6 Å². The lowest BCUT2D eigenvalue weighted by molar-refractivity contribution is 0.361. The Bertz CT molecular complexity index is 253. The van der Waals surface area contributed by atoms with E-state index < -0.39 is 16.6 Å². The molecule has 19 heavy (non-hydrogen) atoms. The van der Waals surface area contributed by atoms with Crippen LogP contribution in [0.15, 0.2) is 12.0 Å². The average molecular weight is 303 g/mol. The van der Waals surface area contributed by atoms with Crippen LogP contribution in [0.5, 0.6) is 0 Å². The average Bonchev–Trinajstić information content (AvgIpc) is 2.47. The van der Waals surface area contributed by atoms with Crippen molar-refractivity contribution in [1.29, 1.82) is 0 Å². The Balaban J connectivity index is 4.73. The third-order valence-corrected chi connectivity index (χ3v) is 13.8. The molecule has 4 heteroatoms. The lowest BCUT2D eigenvalue weighted by Gasteiger charge is -2.31. The maximum atomic E-state index is 6.31. The van der Waals surface area contributed by atoms with Crippen LogP contribution in [0.2, 0.25) is 36.3 Å². The highest BCUT2D eigenvalue weighted by molar-refractivity contribution is 6.74. The van der Waals surface area contributed by atoms with Crippen LogP contribution in [-0.2, 0) is 8.85 Å². The van der Waals surface area contributed by atoms with E-state index in [0.717, 1.165) is 5.76 Å². The van der Waals surface area contributed by atoms with Gasteiger partial charge in [0.05, 0.1) is 0 Å². The van der Waals surface area contributed by atoms with Gasteiger partial charge >= 0.3 is 0 Å². The van der Waals surface area contributed by atoms with E-state index in [1.54, 1.807) is 0 Å². The molecule has 0 saturated carbocycles. The first-order valence-corrected chi connectivity index (χ1v) is 13.1. The fraction of sp³-hybridized carbons (Fsp3) is 0.867. The SMILES string of the molecule is CC[Si](CC)(CC)OC=C(C)O[Si](CC)(CC)CC. The smallest absolute Gasteiger partial charge is 0.250 e. The Kier molecular flexibility index (Phi) is 8.74. The summed E-state index contributed by atoms with van der Waals surface area (Å²) in [5.74, 6) is 0.990. The molecule has 0 radical (unpaired) electrons. The maximum Gasteiger partial charge on any atom is 0.250 e. The zero-order valence-corrected chi connectivity index (χ0v) is 16.1. The molecule has 2 nitrogen and oxygen atoms in total. The Labute approximate surface area is 122 Å². The van der Waals surface area contributed by atoms with Crippen molar-refractivity contribution in [2.45, 2.75) is 84.7 Å². The van der Waals surface area contributed by atoms with Crippen molar-refractivity contribution < 1.29 is 8.85 Å². The summed E-state index contributed by atoms with van der Waals surface area (Å²) in [4.78, 5) is 0. The minimum atomic E-state index is -1.54. The van der Waals surface area contributed by atoms with Crippen LogP contribution in [0.1, 0.15) is 48.5 Å². The van der Waals surface area contributed by atoms with Gasteiger partial charge in [0.25, 0.3) is 0 Å². The van der Waals surface area contributed by atoms with Gasteiger partial charge in [-0.05, 0) is 43.2 Å². The minimum absolute atomic E-state index is 0.990. The van der Waals surface area contributed by atoms with Gasteiger partial charge in [-0.3, -0.25) is 0 Å². The molecule has 0 bridgehead atoms. The Hall–Kier alpha value is -0.226. The summed E-state index contributed by atoms with van der Waals surface area (Å²) in [5.41, 5.74) is 0. The summed E-state index contributed by atoms with van der Waals surface area (Å²) in [6, 6.07) is 7.10. The normalized spacial score (nSPS) is 13.5. The second kappa shape index (κ2) is 8.85. The summed E-state index contributed by atoms with van der Waals surface area (Å²) < 4.78 is 12.5. The number of hydrogen-bond acceptors (Lipinski definition) is 2. The highest BCUT2D eigenvalue weighted by atomic mass is 28.4. The fourth-order valence-electron chi connectivity index (χ4n) is 2.54. The van der Waals surface area contributed by atoms with Gasteiger partial charge in [-0.25, -0.2) is 0 Å². The van der Waals surface area contributed by atoms with Gasteiger partial charge in [0, 0.05) is 0 Å². The predicted molar refractivity (Wildman–Crippen MR) is 90.3 cm³/mol. The zero-order chi connectivity index (χ0) is 14.9. The first kappa shape index (κ1) is 18.8. The van der Waals surface area contributed by atoms with Crippen LogP contribution in [0.25, 0.3) is 0 Å². The highest BCUT2D eigenvalue weighted by Gasteiger charge is 2.32. The molecule has 0 aromatic rings. The van der Waals surface area contributed by atoms with Gasteiger partial charge in [-0.1, -0.05) is 41.5 Å². The highest BCUT2D eigenvalue weighted by Crippen LogP contribution is 2.26. The molecule has 114 valence electrons. The Morgan fingerprint density at radius 2 is 1.11 bits per heavy atom. The molecular weight excluding hydrogens is 268 g/mol. The van der Waals surface area contributed by atoms with E-state index in [1.165, 1.54) is 36.3 Å². The van der Waals surface area contributed by atoms with Gasteiger partial charge in [-0.2, -0.15) is 0 Å². The van der Waals surface area contributed by atoms with Gasteiger partial charge < -0.3 is 8.85 Å². The molecule has 0 heterocycles. The summed E-state index contributed by atoms with van der Waals surface area (Å²) in [6.45, 7) is 15.6. The first-order valence-electron chi connectivity index (χ1n) is 8.00. The largest absolute Gasteiger partial charge is 0.546 e. The van der Waals surface area contributed by atoms with Crippen LogP contribution >= 0.6 is 0 Å². The lowest BCUT2D eigenvalue weighted by atomic mass is 10.7. The fourth-order valence-corrected chi connectivity index (χ4v) is 7.62. The van der Waals surface area contributed by atoms with E-state index in [1.807, 2.05) is 6.26 Å². The molecule has 0 unspecified atom stereocenters.